The van der Waals surface area contributed by atoms with Gasteiger partial charge < -0.3 is 10.2 Å². The van der Waals surface area contributed by atoms with Crippen molar-refractivity contribution in [3.05, 3.63) is 0 Å². The van der Waals surface area contributed by atoms with Gasteiger partial charge in [-0.15, -0.1) is 0 Å². The van der Waals surface area contributed by atoms with E-state index < -0.39 is 0 Å². The fourth-order valence-electron chi connectivity index (χ4n) is 2.20. The summed E-state index contributed by atoms with van der Waals surface area (Å²) in [5, 5.41) is 3.52. The van der Waals surface area contributed by atoms with E-state index in [4.69, 9.17) is 0 Å². The summed E-state index contributed by atoms with van der Waals surface area (Å²) in [5.74, 6) is 0.752. The van der Waals surface area contributed by atoms with Crippen molar-refractivity contribution in [2.24, 2.45) is 5.92 Å². The third-order valence-electron chi connectivity index (χ3n) is 4.01. The molecule has 0 amide bonds. The van der Waals surface area contributed by atoms with E-state index in [1.165, 1.54) is 25.7 Å². The molecule has 0 aromatic rings. The van der Waals surface area contributed by atoms with Crippen LogP contribution in [-0.4, -0.2) is 37.1 Å². The van der Waals surface area contributed by atoms with E-state index in [1.54, 1.807) is 0 Å². The molecular weight excluding hydrogens is 184 g/mol. The highest BCUT2D eigenvalue weighted by atomic mass is 15.2. The fourth-order valence-corrected chi connectivity index (χ4v) is 2.20. The molecule has 2 unspecified atom stereocenters. The van der Waals surface area contributed by atoms with Gasteiger partial charge in [0.15, 0.2) is 0 Å². The van der Waals surface area contributed by atoms with Crippen molar-refractivity contribution in [2.45, 2.75) is 58.5 Å². The summed E-state index contributed by atoms with van der Waals surface area (Å²) in [5.41, 5.74) is 0. The first-order valence-electron chi connectivity index (χ1n) is 6.59. The molecule has 0 bridgehead atoms. The zero-order valence-corrected chi connectivity index (χ0v) is 10.9. The maximum atomic E-state index is 3.52. The van der Waals surface area contributed by atoms with Crippen LogP contribution in [0.2, 0.25) is 0 Å². The summed E-state index contributed by atoms with van der Waals surface area (Å²) >= 11 is 0. The molecule has 1 fully saturated rings. The summed E-state index contributed by atoms with van der Waals surface area (Å²) in [4.78, 5) is 2.59. The molecule has 1 aliphatic carbocycles. The van der Waals surface area contributed by atoms with Crippen LogP contribution in [0.4, 0.5) is 0 Å². The van der Waals surface area contributed by atoms with Crippen molar-refractivity contribution < 1.29 is 0 Å². The molecule has 1 N–H and O–H groups in total. The minimum atomic E-state index is 0.708. The molecule has 15 heavy (non-hydrogen) atoms. The van der Waals surface area contributed by atoms with E-state index in [9.17, 15) is 0 Å². The van der Waals surface area contributed by atoms with E-state index >= 15 is 0 Å². The number of hydrogen-bond donors (Lipinski definition) is 1. The van der Waals surface area contributed by atoms with Crippen LogP contribution in [0.15, 0.2) is 0 Å². The number of nitrogens with one attached hydrogen (secondary N) is 1. The Morgan fingerprint density at radius 2 is 2.00 bits per heavy atom. The molecule has 0 aliphatic heterocycles. The van der Waals surface area contributed by atoms with Gasteiger partial charge in [0.05, 0.1) is 0 Å². The van der Waals surface area contributed by atoms with Gasteiger partial charge in [0, 0.05) is 12.1 Å². The summed E-state index contributed by atoms with van der Waals surface area (Å²) in [7, 11) is 2.30. The van der Waals surface area contributed by atoms with Crippen molar-refractivity contribution in [3.63, 3.8) is 0 Å². The Morgan fingerprint density at radius 3 is 2.47 bits per heavy atom. The lowest BCUT2D eigenvalue weighted by Gasteiger charge is -2.41. The Bertz CT molecular complexity index is 166. The van der Waals surface area contributed by atoms with Crippen molar-refractivity contribution in [1.29, 1.82) is 0 Å². The molecule has 1 saturated carbocycles. The largest absolute Gasteiger partial charge is 0.316 e. The van der Waals surface area contributed by atoms with Crippen LogP contribution in [0.5, 0.6) is 0 Å². The van der Waals surface area contributed by atoms with Crippen LogP contribution in [0, 0.1) is 5.92 Å². The normalized spacial score (nSPS) is 21.4. The molecule has 0 saturated heterocycles. The van der Waals surface area contributed by atoms with E-state index in [0.29, 0.717) is 6.04 Å². The highest BCUT2D eigenvalue weighted by Crippen LogP contribution is 2.26. The quantitative estimate of drug-likeness (QED) is 0.652. The Kier molecular flexibility index (Phi) is 5.62. The molecule has 0 aromatic heterocycles. The maximum Gasteiger partial charge on any atom is 0.0105 e. The van der Waals surface area contributed by atoms with Crippen molar-refractivity contribution in [2.75, 3.05) is 20.1 Å². The molecule has 2 atom stereocenters. The van der Waals surface area contributed by atoms with Gasteiger partial charge in [-0.05, 0) is 52.2 Å². The molecule has 2 heteroatoms. The summed E-state index contributed by atoms with van der Waals surface area (Å²) in [6, 6.07) is 1.58. The SMILES string of the molecule is CCCNCC(C)C(C)N(C)C1CCC1. The number of hydrogen-bond acceptors (Lipinski definition) is 2. The molecule has 0 radical (unpaired) electrons. The molecule has 1 aliphatic rings. The summed E-state index contributed by atoms with van der Waals surface area (Å²) < 4.78 is 0. The van der Waals surface area contributed by atoms with Gasteiger partial charge in [0.1, 0.15) is 0 Å². The van der Waals surface area contributed by atoms with Gasteiger partial charge in [-0.3, -0.25) is 0 Å². The Morgan fingerprint density at radius 1 is 1.33 bits per heavy atom. The van der Waals surface area contributed by atoms with Gasteiger partial charge in [0.2, 0.25) is 0 Å². The van der Waals surface area contributed by atoms with Crippen LogP contribution in [0.3, 0.4) is 0 Å². The number of rotatable bonds is 7. The summed E-state index contributed by atoms with van der Waals surface area (Å²) in [6.07, 6.45) is 5.50. The highest BCUT2D eigenvalue weighted by molar-refractivity contribution is 4.83. The molecule has 0 aromatic carbocycles. The molecular formula is C13H28N2. The predicted octanol–water partition coefficient (Wildman–Crippen LogP) is 2.49. The lowest BCUT2D eigenvalue weighted by atomic mass is 9.89. The minimum absolute atomic E-state index is 0.708. The van der Waals surface area contributed by atoms with Gasteiger partial charge in [-0.25, -0.2) is 0 Å². The Balaban J connectivity index is 2.21. The lowest BCUT2D eigenvalue weighted by Crippen LogP contribution is -2.47. The van der Waals surface area contributed by atoms with Gasteiger partial charge in [-0.1, -0.05) is 20.3 Å². The Hall–Kier alpha value is -0.0800. The molecule has 90 valence electrons. The van der Waals surface area contributed by atoms with Gasteiger partial charge in [-0.2, -0.15) is 0 Å². The molecule has 0 heterocycles. The molecule has 0 spiro atoms. The zero-order valence-electron chi connectivity index (χ0n) is 10.9. The van der Waals surface area contributed by atoms with E-state index in [1.807, 2.05) is 0 Å². The molecule has 2 nitrogen and oxygen atoms in total. The third kappa shape index (κ3) is 3.76. The topological polar surface area (TPSA) is 15.3 Å². The fraction of sp³-hybridized carbons (Fsp3) is 1.00. The van der Waals surface area contributed by atoms with Crippen molar-refractivity contribution in [3.8, 4) is 0 Å². The first kappa shape index (κ1) is 13.0. The first-order chi connectivity index (χ1) is 7.16. The first-order valence-corrected chi connectivity index (χ1v) is 6.59. The van der Waals surface area contributed by atoms with Gasteiger partial charge in [0.25, 0.3) is 0 Å². The highest BCUT2D eigenvalue weighted by Gasteiger charge is 2.27. The van der Waals surface area contributed by atoms with E-state index in [-0.39, 0.29) is 0 Å². The van der Waals surface area contributed by atoms with Crippen molar-refractivity contribution in [1.82, 2.24) is 10.2 Å². The van der Waals surface area contributed by atoms with Crippen LogP contribution in [0.1, 0.15) is 46.5 Å². The smallest absolute Gasteiger partial charge is 0.0105 e. The van der Waals surface area contributed by atoms with E-state index in [0.717, 1.165) is 25.0 Å². The van der Waals surface area contributed by atoms with Crippen LogP contribution < -0.4 is 5.32 Å². The average molecular weight is 212 g/mol. The standard InChI is InChI=1S/C13H28N2/c1-5-9-14-10-11(2)12(3)15(4)13-7-6-8-13/h11-14H,5-10H2,1-4H3. The second-order valence-electron chi connectivity index (χ2n) is 5.17. The third-order valence-corrected chi connectivity index (χ3v) is 4.01. The lowest BCUT2D eigenvalue weighted by molar-refractivity contribution is 0.0898. The average Bonchev–Trinajstić information content (AvgIpc) is 2.14. The van der Waals surface area contributed by atoms with Crippen molar-refractivity contribution >= 4 is 0 Å². The number of nitrogens with zero attached hydrogens (tertiary/aromatic N) is 1. The van der Waals surface area contributed by atoms with Crippen LogP contribution in [-0.2, 0) is 0 Å². The van der Waals surface area contributed by atoms with Crippen LogP contribution in [0.25, 0.3) is 0 Å². The minimum Gasteiger partial charge on any atom is -0.316 e. The molecule has 1 rings (SSSR count). The summed E-state index contributed by atoms with van der Waals surface area (Å²) in [6.45, 7) is 9.27. The Labute approximate surface area is 95.4 Å². The van der Waals surface area contributed by atoms with Crippen LogP contribution >= 0.6 is 0 Å². The second kappa shape index (κ2) is 6.49. The predicted molar refractivity (Wildman–Crippen MR) is 67.2 cm³/mol. The van der Waals surface area contributed by atoms with Gasteiger partial charge >= 0.3 is 0 Å². The monoisotopic (exact) mass is 212 g/mol. The maximum absolute atomic E-state index is 3.52. The zero-order chi connectivity index (χ0) is 11.3. The second-order valence-corrected chi connectivity index (χ2v) is 5.17. The van der Waals surface area contributed by atoms with E-state index in [2.05, 4.69) is 38.0 Å².